The average molecular weight is 202 g/mol. The van der Waals surface area contributed by atoms with E-state index in [0.717, 1.165) is 0 Å². The van der Waals surface area contributed by atoms with Gasteiger partial charge in [-0.3, -0.25) is 5.21 Å². The van der Waals surface area contributed by atoms with Crippen LogP contribution in [-0.2, 0) is 4.74 Å². The molecule has 1 N–H and O–H groups in total. The normalized spacial score (nSPS) is 9.46. The number of carbonyl (C=O) groups excluding carboxylic acids is 1. The topological polar surface area (TPSA) is 49.8 Å². The minimum absolute atomic E-state index is 0.191. The zero-order valence-corrected chi connectivity index (χ0v) is 7.65. The van der Waals surface area contributed by atoms with Crippen LogP contribution >= 0.6 is 11.6 Å². The quantitative estimate of drug-likeness (QED) is 0.560. The molecule has 70 valence electrons. The fourth-order valence-corrected chi connectivity index (χ4v) is 1.02. The highest BCUT2D eigenvalue weighted by molar-refractivity contribution is 6.33. The van der Waals surface area contributed by atoms with Crippen molar-refractivity contribution in [3.05, 3.63) is 29.3 Å². The van der Waals surface area contributed by atoms with E-state index in [2.05, 4.69) is 4.74 Å². The number of hydroxylamine groups is 1. The molecule has 0 radical (unpaired) electrons. The van der Waals surface area contributed by atoms with Crippen molar-refractivity contribution in [2.75, 3.05) is 12.2 Å². The summed E-state index contributed by atoms with van der Waals surface area (Å²) in [4.78, 5) is 10.9. The third kappa shape index (κ3) is 2.11. The number of halogens is 1. The fraction of sp³-hybridized carbons (Fsp3) is 0.125. The molecule has 1 aromatic rings. The Bertz CT molecular complexity index is 316. The van der Waals surface area contributed by atoms with Crippen molar-refractivity contribution in [1.29, 1.82) is 0 Å². The van der Waals surface area contributed by atoms with E-state index >= 15 is 0 Å². The molecule has 0 heterocycles. The van der Waals surface area contributed by atoms with Crippen molar-refractivity contribution in [2.24, 2.45) is 0 Å². The van der Waals surface area contributed by atoms with E-state index < -0.39 is 6.09 Å². The maximum absolute atomic E-state index is 10.9. The first-order chi connectivity index (χ1) is 6.16. The molecule has 1 amide bonds. The zero-order valence-electron chi connectivity index (χ0n) is 6.90. The highest BCUT2D eigenvalue weighted by atomic mass is 35.5. The number of hydrogen-bond donors (Lipinski definition) is 1. The first kappa shape index (κ1) is 9.83. The molecule has 0 spiro atoms. The summed E-state index contributed by atoms with van der Waals surface area (Å²) in [6.07, 6.45) is -0.881. The van der Waals surface area contributed by atoms with Crippen LogP contribution in [0.25, 0.3) is 0 Å². The second-order valence-electron chi connectivity index (χ2n) is 2.23. The smallest absolute Gasteiger partial charge is 0.438 e. The first-order valence-corrected chi connectivity index (χ1v) is 3.86. The minimum atomic E-state index is -0.881. The van der Waals surface area contributed by atoms with Gasteiger partial charge in [0.15, 0.2) is 0 Å². The van der Waals surface area contributed by atoms with Crippen molar-refractivity contribution < 1.29 is 14.7 Å². The van der Waals surface area contributed by atoms with Gasteiger partial charge in [-0.2, -0.15) is 5.06 Å². The lowest BCUT2D eigenvalue weighted by Crippen LogP contribution is -2.26. The number of carbonyl (C=O) groups is 1. The minimum Gasteiger partial charge on any atom is -0.451 e. The van der Waals surface area contributed by atoms with Crippen molar-refractivity contribution in [2.45, 2.75) is 0 Å². The number of rotatable bonds is 1. The Morgan fingerprint density at radius 3 is 2.69 bits per heavy atom. The SMILES string of the molecule is COC(=O)N(O)c1ccccc1Cl. The highest BCUT2D eigenvalue weighted by Crippen LogP contribution is 2.23. The van der Waals surface area contributed by atoms with Gasteiger partial charge in [-0.1, -0.05) is 23.7 Å². The molecule has 0 unspecified atom stereocenters. The average Bonchev–Trinajstić information content (AvgIpc) is 2.16. The number of hydrogen-bond acceptors (Lipinski definition) is 3. The summed E-state index contributed by atoms with van der Waals surface area (Å²) in [5.41, 5.74) is 0.191. The van der Waals surface area contributed by atoms with Crippen molar-refractivity contribution in [1.82, 2.24) is 0 Å². The molecule has 0 aliphatic rings. The molecule has 0 aliphatic heterocycles. The van der Waals surface area contributed by atoms with E-state index in [0.29, 0.717) is 5.06 Å². The molecule has 0 fully saturated rings. The molecule has 0 bridgehead atoms. The van der Waals surface area contributed by atoms with Gasteiger partial charge in [-0.15, -0.1) is 0 Å². The maximum Gasteiger partial charge on any atom is 0.438 e. The number of para-hydroxylation sites is 1. The largest absolute Gasteiger partial charge is 0.451 e. The van der Waals surface area contributed by atoms with Crippen LogP contribution in [0.15, 0.2) is 24.3 Å². The second kappa shape index (κ2) is 4.11. The Morgan fingerprint density at radius 2 is 2.15 bits per heavy atom. The molecule has 0 aliphatic carbocycles. The number of methoxy groups -OCH3 is 1. The maximum atomic E-state index is 10.9. The van der Waals surface area contributed by atoms with Gasteiger partial charge in [-0.05, 0) is 12.1 Å². The summed E-state index contributed by atoms with van der Waals surface area (Å²) in [6, 6.07) is 6.40. The van der Waals surface area contributed by atoms with Crippen LogP contribution < -0.4 is 5.06 Å². The lowest BCUT2D eigenvalue weighted by Gasteiger charge is -2.13. The molecule has 0 saturated heterocycles. The molecular formula is C8H8ClNO3. The number of ether oxygens (including phenoxy) is 1. The van der Waals surface area contributed by atoms with Crippen LogP contribution in [0.1, 0.15) is 0 Å². The number of nitrogens with zero attached hydrogens (tertiary/aromatic N) is 1. The number of benzene rings is 1. The fourth-order valence-electron chi connectivity index (χ4n) is 0.808. The Morgan fingerprint density at radius 1 is 1.54 bits per heavy atom. The zero-order chi connectivity index (χ0) is 9.84. The van der Waals surface area contributed by atoms with E-state index in [-0.39, 0.29) is 10.7 Å². The molecule has 0 saturated carbocycles. The van der Waals surface area contributed by atoms with Crippen molar-refractivity contribution in [3.8, 4) is 0 Å². The van der Waals surface area contributed by atoms with E-state index in [9.17, 15) is 10.0 Å². The lowest BCUT2D eigenvalue weighted by atomic mass is 10.3. The molecule has 1 rings (SSSR count). The lowest BCUT2D eigenvalue weighted by molar-refractivity contribution is 0.141. The molecule has 4 nitrogen and oxygen atoms in total. The summed E-state index contributed by atoms with van der Waals surface area (Å²) < 4.78 is 4.30. The Hall–Kier alpha value is -1.26. The van der Waals surface area contributed by atoms with Gasteiger partial charge in [0.2, 0.25) is 0 Å². The summed E-state index contributed by atoms with van der Waals surface area (Å²) in [7, 11) is 1.17. The van der Waals surface area contributed by atoms with Gasteiger partial charge in [0.1, 0.15) is 0 Å². The number of amides is 1. The predicted molar refractivity (Wildman–Crippen MR) is 48.1 cm³/mol. The van der Waals surface area contributed by atoms with Crippen LogP contribution in [0.2, 0.25) is 5.02 Å². The molecule has 1 aromatic carbocycles. The molecule has 5 heteroatoms. The third-order valence-electron chi connectivity index (χ3n) is 1.43. The van der Waals surface area contributed by atoms with Crippen LogP contribution in [0.3, 0.4) is 0 Å². The summed E-state index contributed by atoms with van der Waals surface area (Å²) in [5, 5.41) is 9.87. The molecular weight excluding hydrogens is 194 g/mol. The van der Waals surface area contributed by atoms with E-state index in [1.165, 1.54) is 13.2 Å². The Labute approximate surface area is 80.2 Å². The van der Waals surface area contributed by atoms with Crippen LogP contribution in [0, 0.1) is 0 Å². The standard InChI is InChI=1S/C8H8ClNO3/c1-13-8(11)10(12)7-5-3-2-4-6(7)9/h2-5,12H,1H3. The van der Waals surface area contributed by atoms with Gasteiger partial charge < -0.3 is 4.74 Å². The molecule has 0 atom stereocenters. The molecule has 0 aromatic heterocycles. The predicted octanol–water partition coefficient (Wildman–Crippen LogP) is 2.30. The number of anilines is 1. The Kier molecular flexibility index (Phi) is 3.11. The summed E-state index contributed by atoms with van der Waals surface area (Å²) in [6.45, 7) is 0. The Balaban J connectivity index is 2.95. The van der Waals surface area contributed by atoms with Gasteiger partial charge in [0, 0.05) is 0 Å². The molecule has 13 heavy (non-hydrogen) atoms. The second-order valence-corrected chi connectivity index (χ2v) is 2.64. The highest BCUT2D eigenvalue weighted by Gasteiger charge is 2.15. The summed E-state index contributed by atoms with van der Waals surface area (Å²) >= 11 is 5.71. The van der Waals surface area contributed by atoms with E-state index in [1.54, 1.807) is 18.2 Å². The third-order valence-corrected chi connectivity index (χ3v) is 1.75. The van der Waals surface area contributed by atoms with Gasteiger partial charge in [0.05, 0.1) is 17.8 Å². The van der Waals surface area contributed by atoms with Crippen LogP contribution in [0.4, 0.5) is 10.5 Å². The first-order valence-electron chi connectivity index (χ1n) is 3.48. The van der Waals surface area contributed by atoms with E-state index in [4.69, 9.17) is 11.6 Å². The van der Waals surface area contributed by atoms with Crippen molar-refractivity contribution >= 4 is 23.4 Å². The van der Waals surface area contributed by atoms with Gasteiger partial charge in [0.25, 0.3) is 0 Å². The van der Waals surface area contributed by atoms with Crippen LogP contribution in [-0.4, -0.2) is 18.4 Å². The summed E-state index contributed by atoms with van der Waals surface area (Å²) in [5.74, 6) is 0. The van der Waals surface area contributed by atoms with Gasteiger partial charge in [-0.25, -0.2) is 4.79 Å². The van der Waals surface area contributed by atoms with E-state index in [1.807, 2.05) is 0 Å². The monoisotopic (exact) mass is 201 g/mol. The van der Waals surface area contributed by atoms with Gasteiger partial charge >= 0.3 is 6.09 Å². The van der Waals surface area contributed by atoms with Crippen LogP contribution in [0.5, 0.6) is 0 Å². The van der Waals surface area contributed by atoms with Crippen molar-refractivity contribution in [3.63, 3.8) is 0 Å².